The summed E-state index contributed by atoms with van der Waals surface area (Å²) >= 11 is 1.72. The Hall–Kier alpha value is -6.09. The molecule has 0 spiro atoms. The van der Waals surface area contributed by atoms with Gasteiger partial charge < -0.3 is 4.57 Å². The number of aromatic nitrogens is 3. The van der Waals surface area contributed by atoms with Gasteiger partial charge in [-0.3, -0.25) is 0 Å². The van der Waals surface area contributed by atoms with E-state index in [0.717, 1.165) is 65.0 Å². The van der Waals surface area contributed by atoms with Gasteiger partial charge in [-0.15, -0.1) is 11.3 Å². The molecule has 9 rings (SSSR count). The molecule has 0 atom stereocenters. The number of nitriles is 1. The lowest BCUT2D eigenvalue weighted by atomic mass is 10.0. The zero-order chi connectivity index (χ0) is 30.6. The third-order valence-corrected chi connectivity index (χ3v) is 9.85. The van der Waals surface area contributed by atoms with Crippen LogP contribution in [0.15, 0.2) is 146 Å². The Kier molecular flexibility index (Phi) is 6.02. The predicted molar refractivity (Wildman–Crippen MR) is 190 cm³/mol. The van der Waals surface area contributed by atoms with Crippen molar-refractivity contribution in [3.63, 3.8) is 0 Å². The van der Waals surface area contributed by atoms with Crippen molar-refractivity contribution in [2.75, 3.05) is 0 Å². The van der Waals surface area contributed by atoms with E-state index in [1.165, 1.54) is 10.8 Å². The summed E-state index contributed by atoms with van der Waals surface area (Å²) < 4.78 is 4.44. The van der Waals surface area contributed by atoms with Gasteiger partial charge in [-0.2, -0.15) is 5.26 Å². The quantitative estimate of drug-likeness (QED) is 0.201. The molecule has 5 heteroatoms. The number of benzene rings is 6. The lowest BCUT2D eigenvalue weighted by Crippen LogP contribution is -1.96. The fourth-order valence-corrected chi connectivity index (χ4v) is 7.85. The number of hydrogen-bond acceptors (Lipinski definition) is 4. The summed E-state index contributed by atoms with van der Waals surface area (Å²) in [5, 5.41) is 13.7. The van der Waals surface area contributed by atoms with Crippen LogP contribution in [0.3, 0.4) is 0 Å². The maximum absolute atomic E-state index is 10.2. The molecule has 214 valence electrons. The van der Waals surface area contributed by atoms with Crippen molar-refractivity contribution in [3.05, 3.63) is 151 Å². The highest BCUT2D eigenvalue weighted by molar-refractivity contribution is 7.26. The molecule has 0 aliphatic carbocycles. The van der Waals surface area contributed by atoms with Gasteiger partial charge in [0, 0.05) is 37.7 Å². The minimum Gasteiger partial charge on any atom is -0.309 e. The standard InChI is InChI=1S/C41H24N4S/c42-25-26-22-29(24-30(23-26)45-35-20-9-7-16-32(35)33-17-8-10-21-36(33)45)31-18-11-19-34-38-40(46-39(31)34)37(27-12-3-1-4-13-27)43-41(44-38)28-14-5-2-6-15-28/h1-24H. The molecule has 9 aromatic rings. The lowest BCUT2D eigenvalue weighted by Gasteiger charge is -2.12. The molecule has 0 aliphatic rings. The Morgan fingerprint density at radius 2 is 1.17 bits per heavy atom. The van der Waals surface area contributed by atoms with Crippen molar-refractivity contribution in [2.24, 2.45) is 0 Å². The maximum Gasteiger partial charge on any atom is 0.160 e. The summed E-state index contributed by atoms with van der Waals surface area (Å²) in [5.41, 5.74) is 9.76. The van der Waals surface area contributed by atoms with Crippen molar-refractivity contribution >= 4 is 53.4 Å². The monoisotopic (exact) mass is 604 g/mol. The van der Waals surface area contributed by atoms with E-state index in [1.54, 1.807) is 11.3 Å². The van der Waals surface area contributed by atoms with Crippen LogP contribution in [0, 0.1) is 11.3 Å². The second kappa shape index (κ2) is 10.5. The summed E-state index contributed by atoms with van der Waals surface area (Å²) in [7, 11) is 0. The summed E-state index contributed by atoms with van der Waals surface area (Å²) in [6, 6.07) is 52.4. The molecule has 3 heterocycles. The first-order chi connectivity index (χ1) is 22.8. The SMILES string of the molecule is N#Cc1cc(-c2cccc3c2sc2c(-c4ccccc4)nc(-c4ccccc4)nc23)cc(-n2c3ccccc3c3ccccc32)c1. The maximum atomic E-state index is 10.2. The second-order valence-electron chi connectivity index (χ2n) is 11.3. The molecule has 0 bridgehead atoms. The van der Waals surface area contributed by atoms with Gasteiger partial charge in [-0.05, 0) is 41.5 Å². The van der Waals surface area contributed by atoms with E-state index in [0.29, 0.717) is 11.4 Å². The Labute approximate surface area is 269 Å². The minimum absolute atomic E-state index is 0.614. The number of fused-ring (bicyclic) bond motifs is 6. The minimum atomic E-state index is 0.614. The van der Waals surface area contributed by atoms with Crippen molar-refractivity contribution in [1.29, 1.82) is 5.26 Å². The highest BCUT2D eigenvalue weighted by atomic mass is 32.1. The number of para-hydroxylation sites is 2. The molecule has 3 aromatic heterocycles. The number of nitrogens with zero attached hydrogens (tertiary/aromatic N) is 4. The van der Waals surface area contributed by atoms with Gasteiger partial charge >= 0.3 is 0 Å². The Morgan fingerprint density at radius 3 is 1.87 bits per heavy atom. The number of rotatable bonds is 4. The van der Waals surface area contributed by atoms with Crippen LogP contribution < -0.4 is 0 Å². The van der Waals surface area contributed by atoms with Gasteiger partial charge in [0.2, 0.25) is 0 Å². The number of thiophene rings is 1. The van der Waals surface area contributed by atoms with E-state index < -0.39 is 0 Å². The van der Waals surface area contributed by atoms with Gasteiger partial charge in [0.25, 0.3) is 0 Å². The molecule has 0 unspecified atom stereocenters. The zero-order valence-electron chi connectivity index (χ0n) is 24.6. The van der Waals surface area contributed by atoms with Crippen molar-refractivity contribution in [2.45, 2.75) is 0 Å². The summed E-state index contributed by atoms with van der Waals surface area (Å²) in [5.74, 6) is 0.706. The smallest absolute Gasteiger partial charge is 0.160 e. The molecule has 0 N–H and O–H groups in total. The third-order valence-electron chi connectivity index (χ3n) is 8.62. The first kappa shape index (κ1) is 26.3. The van der Waals surface area contributed by atoms with Crippen LogP contribution in [0.5, 0.6) is 0 Å². The van der Waals surface area contributed by atoms with Gasteiger partial charge in [-0.1, -0.05) is 115 Å². The van der Waals surface area contributed by atoms with E-state index in [4.69, 9.17) is 9.97 Å². The van der Waals surface area contributed by atoms with Crippen LogP contribution >= 0.6 is 11.3 Å². The third kappa shape index (κ3) is 4.12. The molecule has 0 amide bonds. The van der Waals surface area contributed by atoms with E-state index >= 15 is 0 Å². The van der Waals surface area contributed by atoms with Crippen molar-refractivity contribution in [3.8, 4) is 45.5 Å². The molecule has 0 radical (unpaired) electrons. The fourth-order valence-electron chi connectivity index (χ4n) is 6.56. The molecular formula is C41H24N4S. The van der Waals surface area contributed by atoms with Crippen molar-refractivity contribution in [1.82, 2.24) is 14.5 Å². The molecule has 0 fully saturated rings. The molecule has 6 aromatic carbocycles. The lowest BCUT2D eigenvalue weighted by molar-refractivity contribution is 1.18. The highest BCUT2D eigenvalue weighted by Crippen LogP contribution is 2.44. The topological polar surface area (TPSA) is 54.5 Å². The average molecular weight is 605 g/mol. The molecule has 4 nitrogen and oxygen atoms in total. The van der Waals surface area contributed by atoms with Gasteiger partial charge in [0.15, 0.2) is 5.82 Å². The van der Waals surface area contributed by atoms with E-state index in [2.05, 4.69) is 108 Å². The van der Waals surface area contributed by atoms with E-state index in [-0.39, 0.29) is 0 Å². The van der Waals surface area contributed by atoms with Crippen molar-refractivity contribution < 1.29 is 0 Å². The summed E-state index contributed by atoms with van der Waals surface area (Å²) in [6.45, 7) is 0. The number of hydrogen-bond donors (Lipinski definition) is 0. The van der Waals surface area contributed by atoms with Crippen LogP contribution in [-0.2, 0) is 0 Å². The summed E-state index contributed by atoms with van der Waals surface area (Å²) in [6.07, 6.45) is 0. The van der Waals surface area contributed by atoms with Gasteiger partial charge in [0.05, 0.1) is 38.6 Å². The predicted octanol–water partition coefficient (Wildman–Crippen LogP) is 10.8. The first-order valence-corrected chi connectivity index (χ1v) is 16.0. The Balaban J connectivity index is 1.32. The normalized spacial score (nSPS) is 11.5. The van der Waals surface area contributed by atoms with Crippen LogP contribution in [0.25, 0.3) is 81.6 Å². The largest absolute Gasteiger partial charge is 0.309 e. The van der Waals surface area contributed by atoms with Crippen LogP contribution in [-0.4, -0.2) is 14.5 Å². The highest BCUT2D eigenvalue weighted by Gasteiger charge is 2.20. The average Bonchev–Trinajstić information content (AvgIpc) is 3.68. The molecule has 0 saturated carbocycles. The van der Waals surface area contributed by atoms with E-state index in [1.807, 2.05) is 48.5 Å². The van der Waals surface area contributed by atoms with E-state index in [9.17, 15) is 5.26 Å². The van der Waals surface area contributed by atoms with Gasteiger partial charge in [-0.25, -0.2) is 9.97 Å². The molecule has 0 aliphatic heterocycles. The summed E-state index contributed by atoms with van der Waals surface area (Å²) in [4.78, 5) is 10.3. The molecule has 46 heavy (non-hydrogen) atoms. The Morgan fingerprint density at radius 1 is 0.543 bits per heavy atom. The Bertz CT molecular complexity index is 2590. The van der Waals surface area contributed by atoms with Crippen LogP contribution in [0.4, 0.5) is 0 Å². The second-order valence-corrected chi connectivity index (χ2v) is 12.4. The van der Waals surface area contributed by atoms with Crippen LogP contribution in [0.1, 0.15) is 5.56 Å². The van der Waals surface area contributed by atoms with Crippen LogP contribution in [0.2, 0.25) is 0 Å². The molecular weight excluding hydrogens is 581 g/mol. The zero-order valence-corrected chi connectivity index (χ0v) is 25.4. The molecule has 0 saturated heterocycles. The van der Waals surface area contributed by atoms with Gasteiger partial charge in [0.1, 0.15) is 0 Å². The fraction of sp³-hybridized carbons (Fsp3) is 0. The first-order valence-electron chi connectivity index (χ1n) is 15.1.